The van der Waals surface area contributed by atoms with Crippen molar-refractivity contribution in [2.75, 3.05) is 0 Å². The van der Waals surface area contributed by atoms with Gasteiger partial charge in [-0.1, -0.05) is 0 Å². The lowest BCUT2D eigenvalue weighted by molar-refractivity contribution is 1.08. The Morgan fingerprint density at radius 1 is 1.45 bits per heavy atom. The number of rotatable bonds is 1. The second-order valence-electron chi connectivity index (χ2n) is 2.59. The van der Waals surface area contributed by atoms with Crippen LogP contribution in [0.2, 0.25) is 0 Å². The van der Waals surface area contributed by atoms with Crippen LogP contribution in [0.3, 0.4) is 0 Å². The van der Waals surface area contributed by atoms with Gasteiger partial charge in [-0.2, -0.15) is 5.26 Å². The van der Waals surface area contributed by atoms with Crippen molar-refractivity contribution < 1.29 is 0 Å². The molecular weight excluding hydrogens is 136 g/mol. The SMILES string of the molecule is Cc1cnc(CC#N)cc1C. The fraction of sp³-hybridized carbons (Fsp3) is 0.333. The van der Waals surface area contributed by atoms with E-state index in [0.717, 1.165) is 5.69 Å². The van der Waals surface area contributed by atoms with Gasteiger partial charge in [0.25, 0.3) is 0 Å². The normalized spacial score (nSPS) is 9.18. The van der Waals surface area contributed by atoms with Crippen molar-refractivity contribution in [3.05, 3.63) is 29.1 Å². The van der Waals surface area contributed by atoms with E-state index in [0.29, 0.717) is 6.42 Å². The van der Waals surface area contributed by atoms with E-state index >= 15 is 0 Å². The highest BCUT2D eigenvalue weighted by molar-refractivity contribution is 5.24. The number of aryl methyl sites for hydroxylation is 2. The number of pyridine rings is 1. The maximum atomic E-state index is 8.39. The van der Waals surface area contributed by atoms with Gasteiger partial charge in [-0.05, 0) is 31.0 Å². The molecule has 2 nitrogen and oxygen atoms in total. The highest BCUT2D eigenvalue weighted by Crippen LogP contribution is 2.06. The summed E-state index contributed by atoms with van der Waals surface area (Å²) in [6.45, 7) is 4.04. The van der Waals surface area contributed by atoms with E-state index in [1.165, 1.54) is 11.1 Å². The molecule has 1 heterocycles. The molecule has 0 fully saturated rings. The Morgan fingerprint density at radius 2 is 2.18 bits per heavy atom. The standard InChI is InChI=1S/C9H10N2/c1-7-5-9(3-4-10)11-6-8(7)2/h5-6H,3H2,1-2H3. The second kappa shape index (κ2) is 3.16. The average Bonchev–Trinajstić information content (AvgIpc) is 1.98. The van der Waals surface area contributed by atoms with Crippen LogP contribution in [0.1, 0.15) is 16.8 Å². The Labute approximate surface area is 66.5 Å². The number of nitriles is 1. The molecule has 0 unspecified atom stereocenters. The highest BCUT2D eigenvalue weighted by Gasteiger charge is 1.95. The Balaban J connectivity index is 2.98. The van der Waals surface area contributed by atoms with E-state index in [9.17, 15) is 0 Å². The molecule has 1 rings (SSSR count). The molecule has 0 amide bonds. The third kappa shape index (κ3) is 1.78. The zero-order valence-corrected chi connectivity index (χ0v) is 6.76. The molecule has 0 atom stereocenters. The van der Waals surface area contributed by atoms with Crippen LogP contribution in [-0.2, 0) is 6.42 Å². The van der Waals surface area contributed by atoms with Gasteiger partial charge in [-0.25, -0.2) is 0 Å². The maximum absolute atomic E-state index is 8.39. The summed E-state index contributed by atoms with van der Waals surface area (Å²) in [5.74, 6) is 0. The van der Waals surface area contributed by atoms with Crippen LogP contribution in [0.15, 0.2) is 12.3 Å². The molecule has 0 radical (unpaired) electrons. The summed E-state index contributed by atoms with van der Waals surface area (Å²) in [4.78, 5) is 4.11. The van der Waals surface area contributed by atoms with Gasteiger partial charge in [0.15, 0.2) is 0 Å². The summed E-state index contributed by atoms with van der Waals surface area (Å²) < 4.78 is 0. The molecule has 1 aromatic rings. The van der Waals surface area contributed by atoms with Gasteiger partial charge in [0.2, 0.25) is 0 Å². The van der Waals surface area contributed by atoms with Crippen LogP contribution >= 0.6 is 0 Å². The van der Waals surface area contributed by atoms with Crippen molar-refractivity contribution >= 4 is 0 Å². The third-order valence-corrected chi connectivity index (χ3v) is 1.69. The number of hydrogen-bond acceptors (Lipinski definition) is 2. The first-order valence-corrected chi connectivity index (χ1v) is 3.53. The van der Waals surface area contributed by atoms with Crippen LogP contribution in [0.25, 0.3) is 0 Å². The maximum Gasteiger partial charge on any atom is 0.0774 e. The lowest BCUT2D eigenvalue weighted by Crippen LogP contribution is -1.90. The van der Waals surface area contributed by atoms with Gasteiger partial charge >= 0.3 is 0 Å². The van der Waals surface area contributed by atoms with E-state index in [1.807, 2.05) is 26.1 Å². The van der Waals surface area contributed by atoms with Crippen LogP contribution < -0.4 is 0 Å². The van der Waals surface area contributed by atoms with E-state index in [4.69, 9.17) is 5.26 Å². The summed E-state index contributed by atoms with van der Waals surface area (Å²) in [5.41, 5.74) is 3.23. The van der Waals surface area contributed by atoms with Gasteiger partial charge in [0.1, 0.15) is 0 Å². The average molecular weight is 146 g/mol. The monoisotopic (exact) mass is 146 g/mol. The molecule has 1 aromatic heterocycles. The largest absolute Gasteiger partial charge is 0.260 e. The fourth-order valence-electron chi connectivity index (χ4n) is 0.860. The number of hydrogen-bond donors (Lipinski definition) is 0. The van der Waals surface area contributed by atoms with Crippen molar-refractivity contribution in [2.45, 2.75) is 20.3 Å². The molecule has 11 heavy (non-hydrogen) atoms. The quantitative estimate of drug-likeness (QED) is 0.605. The molecule has 0 aliphatic rings. The smallest absolute Gasteiger partial charge is 0.0774 e. The zero-order chi connectivity index (χ0) is 8.27. The van der Waals surface area contributed by atoms with Crippen molar-refractivity contribution in [1.29, 1.82) is 5.26 Å². The zero-order valence-electron chi connectivity index (χ0n) is 6.76. The Hall–Kier alpha value is -1.36. The molecule has 0 aromatic carbocycles. The summed E-state index contributed by atoms with van der Waals surface area (Å²) in [6.07, 6.45) is 2.21. The van der Waals surface area contributed by atoms with Gasteiger partial charge in [0, 0.05) is 6.20 Å². The molecular formula is C9H10N2. The van der Waals surface area contributed by atoms with Gasteiger partial charge in [0.05, 0.1) is 18.2 Å². The molecule has 0 bridgehead atoms. The minimum absolute atomic E-state index is 0.404. The molecule has 0 aliphatic heterocycles. The lowest BCUT2D eigenvalue weighted by atomic mass is 10.1. The summed E-state index contributed by atoms with van der Waals surface area (Å²) in [6, 6.07) is 4.03. The van der Waals surface area contributed by atoms with Gasteiger partial charge in [-0.3, -0.25) is 4.98 Å². The van der Waals surface area contributed by atoms with E-state index < -0.39 is 0 Å². The van der Waals surface area contributed by atoms with Crippen LogP contribution in [0.5, 0.6) is 0 Å². The summed E-state index contributed by atoms with van der Waals surface area (Å²) >= 11 is 0. The van der Waals surface area contributed by atoms with Crippen LogP contribution in [0, 0.1) is 25.2 Å². The van der Waals surface area contributed by atoms with Gasteiger partial charge < -0.3 is 0 Å². The highest BCUT2D eigenvalue weighted by atomic mass is 14.7. The summed E-state index contributed by atoms with van der Waals surface area (Å²) in [7, 11) is 0. The minimum Gasteiger partial charge on any atom is -0.260 e. The first-order valence-electron chi connectivity index (χ1n) is 3.53. The predicted molar refractivity (Wildman–Crippen MR) is 43.0 cm³/mol. The number of nitrogens with zero attached hydrogens (tertiary/aromatic N) is 2. The predicted octanol–water partition coefficient (Wildman–Crippen LogP) is 1.76. The molecule has 0 aliphatic carbocycles. The van der Waals surface area contributed by atoms with Gasteiger partial charge in [-0.15, -0.1) is 0 Å². The molecule has 2 heteroatoms. The van der Waals surface area contributed by atoms with Crippen molar-refractivity contribution in [3.8, 4) is 6.07 Å². The van der Waals surface area contributed by atoms with E-state index in [1.54, 1.807) is 0 Å². The third-order valence-electron chi connectivity index (χ3n) is 1.69. The Bertz CT molecular complexity index is 297. The molecule has 56 valence electrons. The second-order valence-corrected chi connectivity index (χ2v) is 2.59. The molecule has 0 N–H and O–H groups in total. The molecule has 0 spiro atoms. The summed E-state index contributed by atoms with van der Waals surface area (Å²) in [5, 5.41) is 8.39. The minimum atomic E-state index is 0.404. The van der Waals surface area contributed by atoms with Crippen LogP contribution in [-0.4, -0.2) is 4.98 Å². The molecule has 0 saturated heterocycles. The van der Waals surface area contributed by atoms with Crippen molar-refractivity contribution in [1.82, 2.24) is 4.98 Å². The van der Waals surface area contributed by atoms with Crippen molar-refractivity contribution in [2.24, 2.45) is 0 Å². The fourth-order valence-corrected chi connectivity index (χ4v) is 0.860. The Kier molecular flexibility index (Phi) is 2.22. The molecule has 0 saturated carbocycles. The number of aromatic nitrogens is 1. The van der Waals surface area contributed by atoms with E-state index in [2.05, 4.69) is 11.1 Å². The Morgan fingerprint density at radius 3 is 2.73 bits per heavy atom. The first-order chi connectivity index (χ1) is 5.24. The lowest BCUT2D eigenvalue weighted by Gasteiger charge is -1.99. The van der Waals surface area contributed by atoms with Crippen molar-refractivity contribution in [3.63, 3.8) is 0 Å². The van der Waals surface area contributed by atoms with E-state index in [-0.39, 0.29) is 0 Å². The van der Waals surface area contributed by atoms with Crippen LogP contribution in [0.4, 0.5) is 0 Å². The topological polar surface area (TPSA) is 36.7 Å². The first kappa shape index (κ1) is 7.74.